The molecular weight excluding hydrogens is 511 g/mol. The number of nitrogens with one attached hydrogen (secondary N) is 1. The fourth-order valence-corrected chi connectivity index (χ4v) is 3.78. The first-order chi connectivity index (χ1) is 13.9. The molecule has 2 aromatic rings. The lowest BCUT2D eigenvalue weighted by atomic mass is 10.1. The van der Waals surface area contributed by atoms with E-state index in [1.807, 2.05) is 6.92 Å². The predicted molar refractivity (Wildman–Crippen MR) is 117 cm³/mol. The highest BCUT2D eigenvalue weighted by molar-refractivity contribution is 14.1. The lowest BCUT2D eigenvalue weighted by molar-refractivity contribution is -0.122. The van der Waals surface area contributed by atoms with E-state index in [4.69, 9.17) is 21.1 Å². The van der Waals surface area contributed by atoms with E-state index >= 15 is 0 Å². The normalized spacial score (nSPS) is 15.5. The summed E-state index contributed by atoms with van der Waals surface area (Å²) in [5.74, 6) is -0.515. The summed E-state index contributed by atoms with van der Waals surface area (Å²) in [7, 11) is 1.50. The number of ether oxygens (including phenoxy) is 2. The summed E-state index contributed by atoms with van der Waals surface area (Å²) >= 11 is 8.21. The van der Waals surface area contributed by atoms with Gasteiger partial charge in [-0.05, 0) is 65.4 Å². The molecule has 1 heterocycles. The van der Waals surface area contributed by atoms with Crippen molar-refractivity contribution in [2.45, 2.75) is 6.92 Å². The van der Waals surface area contributed by atoms with Crippen molar-refractivity contribution < 1.29 is 23.9 Å². The van der Waals surface area contributed by atoms with Gasteiger partial charge in [0.05, 0.1) is 28.0 Å². The minimum atomic E-state index is -0.857. The third-order valence-electron chi connectivity index (χ3n) is 4.05. The number of carbonyl (C=O) groups is 3. The van der Waals surface area contributed by atoms with Crippen LogP contribution in [-0.4, -0.2) is 31.6 Å². The van der Waals surface area contributed by atoms with Crippen LogP contribution in [0.2, 0.25) is 5.02 Å². The fourth-order valence-electron chi connectivity index (χ4n) is 2.78. The molecule has 29 heavy (non-hydrogen) atoms. The molecule has 0 unspecified atom stereocenters. The van der Waals surface area contributed by atoms with Crippen LogP contribution < -0.4 is 19.7 Å². The average molecular weight is 527 g/mol. The number of hydrogen-bond acceptors (Lipinski definition) is 5. The predicted octanol–water partition coefficient (Wildman–Crippen LogP) is 4.02. The molecule has 1 aliphatic rings. The van der Waals surface area contributed by atoms with E-state index in [1.54, 1.807) is 30.3 Å². The molecule has 0 radical (unpaired) electrons. The Labute approximate surface area is 185 Å². The SMILES string of the molecule is CCOc1c(I)cc(C=C2C(=O)NC(=O)N(c3ccccc3Cl)C2=O)cc1OC. The number of urea groups is 1. The number of hydrogen-bond donors (Lipinski definition) is 1. The van der Waals surface area contributed by atoms with E-state index in [2.05, 4.69) is 27.9 Å². The van der Waals surface area contributed by atoms with Gasteiger partial charge in [-0.2, -0.15) is 0 Å². The number of halogens is 2. The van der Waals surface area contributed by atoms with E-state index in [9.17, 15) is 14.4 Å². The maximum absolute atomic E-state index is 13.0. The number of benzene rings is 2. The molecular formula is C20H16ClIN2O5. The Kier molecular flexibility index (Phi) is 6.43. The molecule has 0 bridgehead atoms. The Morgan fingerprint density at radius 1 is 1.21 bits per heavy atom. The van der Waals surface area contributed by atoms with Gasteiger partial charge in [0.2, 0.25) is 0 Å². The lowest BCUT2D eigenvalue weighted by Gasteiger charge is -2.27. The molecule has 150 valence electrons. The Bertz CT molecular complexity index is 1040. The van der Waals surface area contributed by atoms with Crippen LogP contribution in [0.3, 0.4) is 0 Å². The van der Waals surface area contributed by atoms with Crippen LogP contribution in [0.25, 0.3) is 6.08 Å². The van der Waals surface area contributed by atoms with Gasteiger partial charge >= 0.3 is 6.03 Å². The maximum Gasteiger partial charge on any atom is 0.335 e. The van der Waals surface area contributed by atoms with E-state index in [0.717, 1.165) is 8.47 Å². The first-order valence-corrected chi connectivity index (χ1v) is 9.99. The number of nitrogens with zero attached hydrogens (tertiary/aromatic N) is 1. The number of para-hydroxylation sites is 1. The molecule has 0 aromatic heterocycles. The molecule has 0 spiro atoms. The molecule has 3 rings (SSSR count). The van der Waals surface area contributed by atoms with Crippen molar-refractivity contribution in [3.8, 4) is 11.5 Å². The number of carbonyl (C=O) groups excluding carboxylic acids is 3. The molecule has 1 aliphatic heterocycles. The summed E-state index contributed by atoms with van der Waals surface area (Å²) in [6.45, 7) is 2.32. The zero-order valence-corrected chi connectivity index (χ0v) is 18.4. The summed E-state index contributed by atoms with van der Waals surface area (Å²) in [5, 5.41) is 2.38. The zero-order valence-electron chi connectivity index (χ0n) is 15.5. The number of imide groups is 2. The monoisotopic (exact) mass is 526 g/mol. The number of methoxy groups -OCH3 is 1. The second kappa shape index (κ2) is 8.83. The molecule has 0 saturated carbocycles. The lowest BCUT2D eigenvalue weighted by Crippen LogP contribution is -2.54. The summed E-state index contributed by atoms with van der Waals surface area (Å²) in [4.78, 5) is 38.4. The van der Waals surface area contributed by atoms with Crippen LogP contribution in [0.5, 0.6) is 11.5 Å². The second-order valence-corrected chi connectivity index (χ2v) is 7.45. The van der Waals surface area contributed by atoms with Crippen molar-refractivity contribution in [2.24, 2.45) is 0 Å². The van der Waals surface area contributed by atoms with Gasteiger partial charge in [-0.25, -0.2) is 9.69 Å². The molecule has 9 heteroatoms. The zero-order chi connectivity index (χ0) is 21.1. The largest absolute Gasteiger partial charge is 0.493 e. The van der Waals surface area contributed by atoms with Crippen molar-refractivity contribution >= 4 is 63.8 Å². The van der Waals surface area contributed by atoms with E-state index in [1.165, 1.54) is 19.3 Å². The van der Waals surface area contributed by atoms with Crippen LogP contribution in [0, 0.1) is 3.57 Å². The van der Waals surface area contributed by atoms with Crippen molar-refractivity contribution in [1.82, 2.24) is 5.32 Å². The first-order valence-electron chi connectivity index (χ1n) is 8.53. The number of amides is 4. The van der Waals surface area contributed by atoms with Gasteiger partial charge in [0, 0.05) is 0 Å². The Balaban J connectivity index is 2.05. The first kappa shape index (κ1) is 21.1. The topological polar surface area (TPSA) is 84.9 Å². The number of anilines is 1. The second-order valence-electron chi connectivity index (χ2n) is 5.88. The highest BCUT2D eigenvalue weighted by atomic mass is 127. The standard InChI is InChI=1S/C20H16ClIN2O5/c1-3-29-17-14(22)9-11(10-16(17)28-2)8-12-18(25)23-20(27)24(19(12)26)15-7-5-4-6-13(15)21/h4-10H,3H2,1-2H3,(H,23,25,27). The van der Waals surface area contributed by atoms with E-state index < -0.39 is 17.8 Å². The van der Waals surface area contributed by atoms with Crippen LogP contribution in [0.15, 0.2) is 42.0 Å². The number of rotatable bonds is 5. The average Bonchev–Trinajstić information content (AvgIpc) is 2.68. The summed E-state index contributed by atoms with van der Waals surface area (Å²) < 4.78 is 11.7. The van der Waals surface area contributed by atoms with Crippen LogP contribution in [0.4, 0.5) is 10.5 Å². The van der Waals surface area contributed by atoms with Gasteiger partial charge in [0.15, 0.2) is 11.5 Å². The third kappa shape index (κ3) is 4.23. The Morgan fingerprint density at radius 2 is 1.93 bits per heavy atom. The number of barbiturate groups is 1. The molecule has 7 nitrogen and oxygen atoms in total. The van der Waals surface area contributed by atoms with Crippen molar-refractivity contribution in [3.63, 3.8) is 0 Å². The quantitative estimate of drug-likeness (QED) is 0.361. The van der Waals surface area contributed by atoms with Crippen LogP contribution >= 0.6 is 34.2 Å². The van der Waals surface area contributed by atoms with Crippen molar-refractivity contribution in [2.75, 3.05) is 18.6 Å². The smallest absolute Gasteiger partial charge is 0.335 e. The Morgan fingerprint density at radius 3 is 2.59 bits per heavy atom. The summed E-state index contributed by atoms with van der Waals surface area (Å²) in [5.41, 5.74) is 0.530. The van der Waals surface area contributed by atoms with Gasteiger partial charge in [-0.1, -0.05) is 23.7 Å². The summed E-state index contributed by atoms with van der Waals surface area (Å²) in [6, 6.07) is 8.93. The van der Waals surface area contributed by atoms with E-state index in [0.29, 0.717) is 23.7 Å². The van der Waals surface area contributed by atoms with Gasteiger partial charge < -0.3 is 9.47 Å². The van der Waals surface area contributed by atoms with Crippen LogP contribution in [-0.2, 0) is 9.59 Å². The van der Waals surface area contributed by atoms with Crippen molar-refractivity contribution in [1.29, 1.82) is 0 Å². The highest BCUT2D eigenvalue weighted by Gasteiger charge is 2.37. The van der Waals surface area contributed by atoms with Gasteiger partial charge in [0.1, 0.15) is 5.57 Å². The molecule has 1 N–H and O–H groups in total. The fraction of sp³-hybridized carbons (Fsp3) is 0.150. The van der Waals surface area contributed by atoms with E-state index in [-0.39, 0.29) is 16.3 Å². The molecule has 2 aromatic carbocycles. The maximum atomic E-state index is 13.0. The molecule has 0 atom stereocenters. The molecule has 0 aliphatic carbocycles. The van der Waals surface area contributed by atoms with Gasteiger partial charge in [0.25, 0.3) is 11.8 Å². The molecule has 1 saturated heterocycles. The minimum Gasteiger partial charge on any atom is -0.493 e. The summed E-state index contributed by atoms with van der Waals surface area (Å²) in [6.07, 6.45) is 1.40. The Hall–Kier alpha value is -2.59. The highest BCUT2D eigenvalue weighted by Crippen LogP contribution is 2.35. The van der Waals surface area contributed by atoms with Gasteiger partial charge in [-0.15, -0.1) is 0 Å². The third-order valence-corrected chi connectivity index (χ3v) is 5.17. The van der Waals surface area contributed by atoms with Crippen LogP contribution in [0.1, 0.15) is 12.5 Å². The molecule has 4 amide bonds. The minimum absolute atomic E-state index is 0.189. The van der Waals surface area contributed by atoms with Gasteiger partial charge in [-0.3, -0.25) is 14.9 Å². The molecule has 1 fully saturated rings. The van der Waals surface area contributed by atoms with Crippen molar-refractivity contribution in [3.05, 3.63) is 56.1 Å².